The summed E-state index contributed by atoms with van der Waals surface area (Å²) in [6, 6.07) is -0.104. The first-order chi connectivity index (χ1) is 12.9. The molecule has 1 aromatic rings. The number of nitrogens with one attached hydrogen (secondary N) is 1. The molecule has 0 spiro atoms. The van der Waals surface area contributed by atoms with Gasteiger partial charge in [-0.3, -0.25) is 4.79 Å². The molecule has 1 aliphatic heterocycles. The average molecular weight is 381 g/mol. The van der Waals surface area contributed by atoms with Crippen LogP contribution in [0.1, 0.15) is 38.9 Å². The minimum absolute atomic E-state index is 0.00691. The van der Waals surface area contributed by atoms with E-state index >= 15 is 0 Å². The topological polar surface area (TPSA) is 101 Å². The number of likely N-dealkylation sites (tertiary alicyclic amines) is 1. The molecule has 2 heterocycles. The van der Waals surface area contributed by atoms with Crippen molar-refractivity contribution < 1.29 is 18.8 Å². The fourth-order valence-corrected chi connectivity index (χ4v) is 3.19. The number of ether oxygens (including phenoxy) is 1. The van der Waals surface area contributed by atoms with E-state index in [-0.39, 0.29) is 18.0 Å². The molecule has 2 rings (SSSR count). The molecule has 0 aliphatic carbocycles. The normalized spacial score (nSPS) is 16.8. The van der Waals surface area contributed by atoms with Crippen LogP contribution in [0.4, 0.5) is 4.79 Å². The molecule has 27 heavy (non-hydrogen) atoms. The van der Waals surface area contributed by atoms with Gasteiger partial charge in [-0.05, 0) is 12.3 Å². The minimum atomic E-state index is -0.116. The second kappa shape index (κ2) is 10.2. The Bertz CT molecular complexity index is 619. The van der Waals surface area contributed by atoms with Gasteiger partial charge in [0.2, 0.25) is 11.8 Å². The van der Waals surface area contributed by atoms with Crippen molar-refractivity contribution in [3.05, 3.63) is 11.7 Å². The highest BCUT2D eigenvalue weighted by atomic mass is 16.5. The van der Waals surface area contributed by atoms with Gasteiger partial charge < -0.3 is 24.4 Å². The Balaban J connectivity index is 1.85. The Kier molecular flexibility index (Phi) is 8.02. The lowest BCUT2D eigenvalue weighted by molar-refractivity contribution is -0.130. The fourth-order valence-electron chi connectivity index (χ4n) is 3.19. The Morgan fingerprint density at radius 1 is 1.44 bits per heavy atom. The molecule has 9 nitrogen and oxygen atoms in total. The largest absolute Gasteiger partial charge is 0.383 e. The van der Waals surface area contributed by atoms with Crippen LogP contribution < -0.4 is 5.32 Å². The Labute approximate surface area is 160 Å². The third-order valence-corrected chi connectivity index (χ3v) is 4.55. The number of carbonyl (C=O) groups is 2. The van der Waals surface area contributed by atoms with Gasteiger partial charge in [0.15, 0.2) is 5.82 Å². The summed E-state index contributed by atoms with van der Waals surface area (Å²) < 4.78 is 10.2. The predicted molar refractivity (Wildman–Crippen MR) is 99.2 cm³/mol. The lowest BCUT2D eigenvalue weighted by Gasteiger charge is -2.27. The van der Waals surface area contributed by atoms with Crippen molar-refractivity contribution in [1.82, 2.24) is 25.3 Å². The van der Waals surface area contributed by atoms with Crippen LogP contribution in [0.3, 0.4) is 0 Å². The molecule has 1 saturated heterocycles. The molecule has 1 N–H and O–H groups in total. The van der Waals surface area contributed by atoms with Crippen molar-refractivity contribution >= 4 is 11.9 Å². The molecule has 152 valence electrons. The highest BCUT2D eigenvalue weighted by Gasteiger charge is 2.31. The smallest absolute Gasteiger partial charge is 0.317 e. The van der Waals surface area contributed by atoms with Crippen molar-refractivity contribution in [2.45, 2.75) is 46.1 Å². The van der Waals surface area contributed by atoms with Gasteiger partial charge in [-0.1, -0.05) is 19.0 Å². The van der Waals surface area contributed by atoms with Gasteiger partial charge in [-0.25, -0.2) is 4.79 Å². The SMILES string of the molecule is COCCNC(=O)N1CCC(N(CCc2noc(CC(C)C)n2)C(C)=O)C1. The zero-order valence-corrected chi connectivity index (χ0v) is 16.7. The van der Waals surface area contributed by atoms with Gasteiger partial charge in [0.1, 0.15) is 0 Å². The van der Waals surface area contributed by atoms with Crippen LogP contribution in [0.25, 0.3) is 0 Å². The van der Waals surface area contributed by atoms with Gasteiger partial charge in [0, 0.05) is 53.1 Å². The second-order valence-corrected chi connectivity index (χ2v) is 7.28. The van der Waals surface area contributed by atoms with Gasteiger partial charge in [0.05, 0.1) is 12.6 Å². The molecule has 1 unspecified atom stereocenters. The summed E-state index contributed by atoms with van der Waals surface area (Å²) in [7, 11) is 1.60. The molecule has 0 bridgehead atoms. The van der Waals surface area contributed by atoms with Crippen LogP contribution in [0, 0.1) is 5.92 Å². The van der Waals surface area contributed by atoms with Crippen LogP contribution >= 0.6 is 0 Å². The van der Waals surface area contributed by atoms with E-state index < -0.39 is 0 Å². The van der Waals surface area contributed by atoms with Gasteiger partial charge in [-0.2, -0.15) is 4.98 Å². The number of amides is 3. The molecule has 1 atom stereocenters. The van der Waals surface area contributed by atoms with E-state index in [2.05, 4.69) is 29.3 Å². The summed E-state index contributed by atoms with van der Waals surface area (Å²) in [6.07, 6.45) is 2.05. The van der Waals surface area contributed by atoms with Crippen LogP contribution in [0.5, 0.6) is 0 Å². The van der Waals surface area contributed by atoms with Gasteiger partial charge in [-0.15, -0.1) is 0 Å². The van der Waals surface area contributed by atoms with E-state index in [1.54, 1.807) is 23.8 Å². The quantitative estimate of drug-likeness (QED) is 0.643. The van der Waals surface area contributed by atoms with Crippen LogP contribution in [0.15, 0.2) is 4.52 Å². The number of hydrogen-bond acceptors (Lipinski definition) is 6. The van der Waals surface area contributed by atoms with Crippen LogP contribution in [0.2, 0.25) is 0 Å². The summed E-state index contributed by atoms with van der Waals surface area (Å²) >= 11 is 0. The summed E-state index contributed by atoms with van der Waals surface area (Å²) in [4.78, 5) is 32.2. The highest BCUT2D eigenvalue weighted by molar-refractivity contribution is 5.76. The molecular weight excluding hydrogens is 350 g/mol. The molecule has 1 fully saturated rings. The van der Waals surface area contributed by atoms with E-state index in [1.165, 1.54) is 0 Å². The number of aromatic nitrogens is 2. The number of nitrogens with zero attached hydrogens (tertiary/aromatic N) is 4. The lowest BCUT2D eigenvalue weighted by Crippen LogP contribution is -2.45. The number of carbonyl (C=O) groups excluding carboxylic acids is 2. The fraction of sp³-hybridized carbons (Fsp3) is 0.778. The maximum Gasteiger partial charge on any atom is 0.317 e. The molecule has 0 aromatic carbocycles. The Hall–Kier alpha value is -2.16. The third-order valence-electron chi connectivity index (χ3n) is 4.55. The van der Waals surface area contributed by atoms with Crippen molar-refractivity contribution in [1.29, 1.82) is 0 Å². The van der Waals surface area contributed by atoms with E-state index in [0.29, 0.717) is 56.8 Å². The highest BCUT2D eigenvalue weighted by Crippen LogP contribution is 2.17. The van der Waals surface area contributed by atoms with Crippen LogP contribution in [-0.2, 0) is 22.4 Å². The Morgan fingerprint density at radius 3 is 2.89 bits per heavy atom. The molecule has 3 amide bonds. The van der Waals surface area contributed by atoms with E-state index in [1.807, 2.05) is 0 Å². The summed E-state index contributed by atoms with van der Waals surface area (Å²) in [5, 5.41) is 6.82. The zero-order chi connectivity index (χ0) is 19.8. The first-order valence-electron chi connectivity index (χ1n) is 9.51. The zero-order valence-electron chi connectivity index (χ0n) is 16.7. The monoisotopic (exact) mass is 381 g/mol. The maximum absolute atomic E-state index is 12.2. The van der Waals surface area contributed by atoms with E-state index in [9.17, 15) is 9.59 Å². The van der Waals surface area contributed by atoms with E-state index in [4.69, 9.17) is 9.26 Å². The third kappa shape index (κ3) is 6.50. The van der Waals surface area contributed by atoms with E-state index in [0.717, 1.165) is 12.8 Å². The summed E-state index contributed by atoms with van der Waals surface area (Å²) in [5.41, 5.74) is 0. The van der Waals surface area contributed by atoms with Crippen molar-refractivity contribution in [3.8, 4) is 0 Å². The average Bonchev–Trinajstić information content (AvgIpc) is 3.24. The molecule has 0 radical (unpaired) electrons. The number of methoxy groups -OCH3 is 1. The molecule has 0 saturated carbocycles. The molecule has 1 aromatic heterocycles. The predicted octanol–water partition coefficient (Wildman–Crippen LogP) is 1.09. The number of rotatable bonds is 9. The summed E-state index contributed by atoms with van der Waals surface area (Å²) in [6.45, 7) is 8.38. The Morgan fingerprint density at radius 2 is 2.22 bits per heavy atom. The molecular formula is C18H31N5O4. The second-order valence-electron chi connectivity index (χ2n) is 7.28. The standard InChI is InChI=1S/C18H31N5O4/c1-13(2)11-17-20-16(21-27-17)6-9-23(14(3)24)15-5-8-22(12-15)18(25)19-7-10-26-4/h13,15H,5-12H2,1-4H3,(H,19,25). The van der Waals surface area contributed by atoms with Gasteiger partial charge >= 0.3 is 6.03 Å². The minimum Gasteiger partial charge on any atom is -0.383 e. The first-order valence-corrected chi connectivity index (χ1v) is 9.51. The lowest BCUT2D eigenvalue weighted by atomic mass is 10.1. The number of urea groups is 1. The van der Waals surface area contributed by atoms with Crippen LogP contribution in [-0.4, -0.2) is 77.8 Å². The van der Waals surface area contributed by atoms with Gasteiger partial charge in [0.25, 0.3) is 0 Å². The maximum atomic E-state index is 12.2. The van der Waals surface area contributed by atoms with Crippen molar-refractivity contribution in [2.75, 3.05) is 39.9 Å². The molecule has 9 heteroatoms. The van der Waals surface area contributed by atoms with Crippen molar-refractivity contribution in [2.24, 2.45) is 5.92 Å². The number of hydrogen-bond donors (Lipinski definition) is 1. The van der Waals surface area contributed by atoms with Crippen molar-refractivity contribution in [3.63, 3.8) is 0 Å². The first kappa shape index (κ1) is 21.1. The summed E-state index contributed by atoms with van der Waals surface area (Å²) in [5.74, 6) is 1.69. The molecule has 1 aliphatic rings.